The highest BCUT2D eigenvalue weighted by Gasteiger charge is 2.17. The lowest BCUT2D eigenvalue weighted by molar-refractivity contribution is 0.102. The van der Waals surface area contributed by atoms with Crippen LogP contribution in [-0.4, -0.2) is 18.0 Å². The zero-order valence-electron chi connectivity index (χ0n) is 11.7. The van der Waals surface area contributed by atoms with Gasteiger partial charge >= 0.3 is 0 Å². The fraction of sp³-hybridized carbons (Fsp3) is 0.0667. The molecule has 0 aliphatic carbocycles. The summed E-state index contributed by atoms with van der Waals surface area (Å²) in [5.41, 5.74) is 0.226. The molecule has 0 aliphatic rings. The van der Waals surface area contributed by atoms with E-state index in [0.717, 1.165) is 23.5 Å². The first-order valence-corrected chi connectivity index (χ1v) is 7.58. The van der Waals surface area contributed by atoms with E-state index in [0.29, 0.717) is 27.1 Å². The summed E-state index contributed by atoms with van der Waals surface area (Å²) in [6, 6.07) is 6.05. The quantitative estimate of drug-likeness (QED) is 0.754. The first kappa shape index (κ1) is 15.6. The van der Waals surface area contributed by atoms with Gasteiger partial charge in [0.1, 0.15) is 22.9 Å². The van der Waals surface area contributed by atoms with Gasteiger partial charge in [0.15, 0.2) is 5.13 Å². The third kappa shape index (κ3) is 2.97. The minimum Gasteiger partial charge on any atom is -0.494 e. The molecule has 23 heavy (non-hydrogen) atoms. The summed E-state index contributed by atoms with van der Waals surface area (Å²) in [4.78, 5) is 16.3. The fourth-order valence-electron chi connectivity index (χ4n) is 2.01. The SMILES string of the molecule is COc1ccc(Cl)c2sc(NC(=O)c3ccc(F)cc3F)nc12. The van der Waals surface area contributed by atoms with Gasteiger partial charge in [-0.15, -0.1) is 0 Å². The zero-order valence-corrected chi connectivity index (χ0v) is 13.3. The second kappa shape index (κ2) is 6.10. The molecule has 0 aliphatic heterocycles. The monoisotopic (exact) mass is 354 g/mol. The summed E-state index contributed by atoms with van der Waals surface area (Å²) in [7, 11) is 1.49. The van der Waals surface area contributed by atoms with Crippen LogP contribution in [0.2, 0.25) is 5.02 Å². The number of nitrogens with one attached hydrogen (secondary N) is 1. The molecule has 0 radical (unpaired) electrons. The summed E-state index contributed by atoms with van der Waals surface area (Å²) < 4.78 is 32.4. The van der Waals surface area contributed by atoms with Gasteiger partial charge in [-0.1, -0.05) is 22.9 Å². The Morgan fingerprint density at radius 1 is 1.30 bits per heavy atom. The number of halogens is 3. The predicted octanol–water partition coefficient (Wildman–Crippen LogP) is 4.49. The molecular formula is C15H9ClF2N2O2S. The Morgan fingerprint density at radius 2 is 2.09 bits per heavy atom. The van der Waals surface area contributed by atoms with Gasteiger partial charge in [-0.3, -0.25) is 10.1 Å². The van der Waals surface area contributed by atoms with Crippen LogP contribution in [0.3, 0.4) is 0 Å². The van der Waals surface area contributed by atoms with Crippen LogP contribution in [0.15, 0.2) is 30.3 Å². The number of anilines is 1. The molecule has 4 nitrogen and oxygen atoms in total. The molecule has 0 unspecified atom stereocenters. The number of fused-ring (bicyclic) bond motifs is 1. The van der Waals surface area contributed by atoms with Gasteiger partial charge in [0, 0.05) is 6.07 Å². The Balaban J connectivity index is 1.95. The van der Waals surface area contributed by atoms with Gasteiger partial charge in [-0.05, 0) is 24.3 Å². The standard InChI is InChI=1S/C15H9ClF2N2O2S/c1-22-11-5-4-9(16)13-12(11)19-15(23-13)20-14(21)8-3-2-7(17)6-10(8)18/h2-6H,1H3,(H,19,20,21). The lowest BCUT2D eigenvalue weighted by Gasteiger charge is -2.02. The number of hydrogen-bond acceptors (Lipinski definition) is 4. The topological polar surface area (TPSA) is 51.2 Å². The van der Waals surface area contributed by atoms with E-state index >= 15 is 0 Å². The zero-order chi connectivity index (χ0) is 16.6. The number of thiazole rings is 1. The van der Waals surface area contributed by atoms with Crippen molar-refractivity contribution in [3.8, 4) is 5.75 Å². The Labute approximate surface area is 138 Å². The highest BCUT2D eigenvalue weighted by Crippen LogP contribution is 2.37. The Hall–Kier alpha value is -2.25. The first-order chi connectivity index (χ1) is 11.0. The van der Waals surface area contributed by atoms with Gasteiger partial charge in [-0.2, -0.15) is 0 Å². The number of carbonyl (C=O) groups excluding carboxylic acids is 1. The van der Waals surface area contributed by atoms with E-state index < -0.39 is 17.5 Å². The van der Waals surface area contributed by atoms with Crippen molar-refractivity contribution in [1.29, 1.82) is 0 Å². The van der Waals surface area contributed by atoms with Crippen LogP contribution in [0.25, 0.3) is 10.2 Å². The van der Waals surface area contributed by atoms with Gasteiger partial charge in [-0.25, -0.2) is 13.8 Å². The number of rotatable bonds is 3. The molecular weight excluding hydrogens is 346 g/mol. The van der Waals surface area contributed by atoms with Crippen molar-refractivity contribution >= 4 is 44.2 Å². The summed E-state index contributed by atoms with van der Waals surface area (Å²) in [6.07, 6.45) is 0. The van der Waals surface area contributed by atoms with E-state index in [1.807, 2.05) is 0 Å². The third-order valence-corrected chi connectivity index (χ3v) is 4.51. The lowest BCUT2D eigenvalue weighted by atomic mass is 10.2. The van der Waals surface area contributed by atoms with Crippen molar-refractivity contribution in [2.75, 3.05) is 12.4 Å². The van der Waals surface area contributed by atoms with Crippen molar-refractivity contribution in [1.82, 2.24) is 4.98 Å². The predicted molar refractivity (Wildman–Crippen MR) is 85.5 cm³/mol. The molecule has 3 rings (SSSR count). The molecule has 1 N–H and O–H groups in total. The molecule has 1 heterocycles. The third-order valence-electron chi connectivity index (χ3n) is 3.07. The maximum absolute atomic E-state index is 13.6. The minimum atomic E-state index is -0.945. The second-order valence-electron chi connectivity index (χ2n) is 4.52. The van der Waals surface area contributed by atoms with E-state index in [9.17, 15) is 13.6 Å². The van der Waals surface area contributed by atoms with E-state index in [1.165, 1.54) is 7.11 Å². The number of aromatic nitrogens is 1. The fourth-order valence-corrected chi connectivity index (χ4v) is 3.16. The number of benzene rings is 2. The number of carbonyl (C=O) groups is 1. The molecule has 0 saturated carbocycles. The van der Waals surface area contributed by atoms with Crippen LogP contribution < -0.4 is 10.1 Å². The average Bonchev–Trinajstić information content (AvgIpc) is 2.92. The molecule has 118 valence electrons. The largest absolute Gasteiger partial charge is 0.494 e. The molecule has 0 fully saturated rings. The van der Waals surface area contributed by atoms with E-state index in [4.69, 9.17) is 16.3 Å². The van der Waals surface area contributed by atoms with Crippen molar-refractivity contribution in [3.63, 3.8) is 0 Å². The van der Waals surface area contributed by atoms with E-state index in [2.05, 4.69) is 10.3 Å². The first-order valence-electron chi connectivity index (χ1n) is 6.39. The van der Waals surface area contributed by atoms with Gasteiger partial charge in [0.2, 0.25) is 0 Å². The molecule has 0 spiro atoms. The summed E-state index contributed by atoms with van der Waals surface area (Å²) >= 11 is 7.23. The number of hydrogen-bond donors (Lipinski definition) is 1. The number of ether oxygens (including phenoxy) is 1. The van der Waals surface area contributed by atoms with Gasteiger partial charge in [0.05, 0.1) is 22.4 Å². The lowest BCUT2D eigenvalue weighted by Crippen LogP contribution is -2.13. The summed E-state index contributed by atoms with van der Waals surface area (Å²) in [5, 5.41) is 3.18. The maximum Gasteiger partial charge on any atom is 0.260 e. The highest BCUT2D eigenvalue weighted by molar-refractivity contribution is 7.23. The maximum atomic E-state index is 13.6. The van der Waals surface area contributed by atoms with Gasteiger partial charge in [0.25, 0.3) is 5.91 Å². The van der Waals surface area contributed by atoms with E-state index in [1.54, 1.807) is 12.1 Å². The van der Waals surface area contributed by atoms with Crippen LogP contribution in [-0.2, 0) is 0 Å². The molecule has 1 aromatic heterocycles. The highest BCUT2D eigenvalue weighted by atomic mass is 35.5. The summed E-state index contributed by atoms with van der Waals surface area (Å²) in [5.74, 6) is -1.92. The molecule has 0 bridgehead atoms. The molecule has 0 atom stereocenters. The molecule has 3 aromatic rings. The van der Waals surface area contributed by atoms with E-state index in [-0.39, 0.29) is 10.7 Å². The molecule has 0 saturated heterocycles. The smallest absolute Gasteiger partial charge is 0.260 e. The van der Waals surface area contributed by atoms with Crippen LogP contribution in [0.5, 0.6) is 5.75 Å². The number of methoxy groups -OCH3 is 1. The minimum absolute atomic E-state index is 0.236. The Bertz CT molecular complexity index is 914. The molecule has 8 heteroatoms. The molecule has 1 amide bonds. The Morgan fingerprint density at radius 3 is 2.78 bits per heavy atom. The van der Waals surface area contributed by atoms with Crippen molar-refractivity contribution in [3.05, 3.63) is 52.6 Å². The number of nitrogens with zero attached hydrogens (tertiary/aromatic N) is 1. The van der Waals surface area contributed by atoms with Crippen molar-refractivity contribution in [2.45, 2.75) is 0 Å². The van der Waals surface area contributed by atoms with Crippen LogP contribution >= 0.6 is 22.9 Å². The normalized spacial score (nSPS) is 10.8. The average molecular weight is 355 g/mol. The molecule has 2 aromatic carbocycles. The van der Waals surface area contributed by atoms with Crippen molar-refractivity contribution in [2.24, 2.45) is 0 Å². The Kier molecular flexibility index (Phi) is 4.14. The second-order valence-corrected chi connectivity index (χ2v) is 5.93. The van der Waals surface area contributed by atoms with Gasteiger partial charge < -0.3 is 4.74 Å². The van der Waals surface area contributed by atoms with Crippen LogP contribution in [0, 0.1) is 11.6 Å². The van der Waals surface area contributed by atoms with Crippen LogP contribution in [0.4, 0.5) is 13.9 Å². The van der Waals surface area contributed by atoms with Crippen LogP contribution in [0.1, 0.15) is 10.4 Å². The number of amides is 1. The van der Waals surface area contributed by atoms with Crippen molar-refractivity contribution < 1.29 is 18.3 Å². The summed E-state index contributed by atoms with van der Waals surface area (Å²) in [6.45, 7) is 0.